The quantitative estimate of drug-likeness (QED) is 0.918. The van der Waals surface area contributed by atoms with Crippen LogP contribution in [0, 0.1) is 18.8 Å². The Balaban J connectivity index is 1.33. The van der Waals surface area contributed by atoms with Gasteiger partial charge in [-0.05, 0) is 50.7 Å². The van der Waals surface area contributed by atoms with E-state index < -0.39 is 0 Å². The van der Waals surface area contributed by atoms with Crippen molar-refractivity contribution in [3.8, 4) is 0 Å². The lowest BCUT2D eigenvalue weighted by molar-refractivity contribution is -0.126. The van der Waals surface area contributed by atoms with Gasteiger partial charge in [0, 0.05) is 30.1 Å². The zero-order valence-electron chi connectivity index (χ0n) is 14.9. The molecule has 0 unspecified atom stereocenters. The maximum absolute atomic E-state index is 12.9. The molecular formula is C20H23N3O3. The lowest BCUT2D eigenvalue weighted by Crippen LogP contribution is -2.38. The fourth-order valence-electron chi connectivity index (χ4n) is 4.04. The van der Waals surface area contributed by atoms with Crippen LogP contribution in [0.2, 0.25) is 0 Å². The van der Waals surface area contributed by atoms with Gasteiger partial charge in [0.25, 0.3) is 0 Å². The van der Waals surface area contributed by atoms with Crippen LogP contribution in [-0.2, 0) is 16.0 Å². The first-order valence-electron chi connectivity index (χ1n) is 9.25. The molecule has 0 radical (unpaired) electrons. The van der Waals surface area contributed by atoms with Gasteiger partial charge >= 0.3 is 0 Å². The van der Waals surface area contributed by atoms with Gasteiger partial charge in [-0.25, -0.2) is 0 Å². The Hall–Kier alpha value is -2.63. The number of anilines is 2. The number of para-hydroxylation sites is 1. The number of benzene rings is 1. The highest BCUT2D eigenvalue weighted by molar-refractivity contribution is 5.97. The van der Waals surface area contributed by atoms with E-state index in [0.717, 1.165) is 44.3 Å². The van der Waals surface area contributed by atoms with Gasteiger partial charge in [-0.3, -0.25) is 9.59 Å². The predicted octanol–water partition coefficient (Wildman–Crippen LogP) is 3.32. The van der Waals surface area contributed by atoms with Gasteiger partial charge in [-0.15, -0.1) is 0 Å². The summed E-state index contributed by atoms with van der Waals surface area (Å²) >= 11 is 0. The van der Waals surface area contributed by atoms with Crippen molar-refractivity contribution in [1.82, 2.24) is 5.16 Å². The third-order valence-corrected chi connectivity index (χ3v) is 5.48. The molecule has 0 saturated heterocycles. The second kappa shape index (κ2) is 6.94. The number of rotatable bonds is 3. The molecule has 6 heteroatoms. The lowest BCUT2D eigenvalue weighted by atomic mass is 9.81. The first kappa shape index (κ1) is 16.8. The maximum atomic E-state index is 12.9. The largest absolute Gasteiger partial charge is 0.360 e. The standard InChI is InChI=1S/C20H23N3O3/c1-13-12-18(22-26-13)21-19(24)15-6-8-16(9-7-15)20(25)23-11-10-14-4-2-3-5-17(14)23/h2-5,12,15-16H,6-11H2,1H3,(H,21,22,24). The van der Waals surface area contributed by atoms with Gasteiger partial charge in [0.05, 0.1) is 0 Å². The van der Waals surface area contributed by atoms with Crippen LogP contribution < -0.4 is 10.2 Å². The normalized spacial score (nSPS) is 22.1. The number of amides is 2. The highest BCUT2D eigenvalue weighted by Crippen LogP contribution is 2.34. The number of hydrogen-bond donors (Lipinski definition) is 1. The van der Waals surface area contributed by atoms with Crippen LogP contribution in [0.15, 0.2) is 34.9 Å². The third kappa shape index (κ3) is 3.23. The van der Waals surface area contributed by atoms with E-state index in [4.69, 9.17) is 4.52 Å². The van der Waals surface area contributed by atoms with Gasteiger partial charge in [-0.1, -0.05) is 23.4 Å². The highest BCUT2D eigenvalue weighted by Gasteiger charge is 2.34. The van der Waals surface area contributed by atoms with Gasteiger partial charge in [-0.2, -0.15) is 0 Å². The molecule has 1 aliphatic carbocycles. The number of nitrogens with one attached hydrogen (secondary N) is 1. The lowest BCUT2D eigenvalue weighted by Gasteiger charge is -2.30. The minimum absolute atomic E-state index is 0.0134. The second-order valence-electron chi connectivity index (χ2n) is 7.23. The van der Waals surface area contributed by atoms with E-state index in [-0.39, 0.29) is 23.7 Å². The zero-order chi connectivity index (χ0) is 18.1. The Morgan fingerprint density at radius 1 is 1.15 bits per heavy atom. The van der Waals surface area contributed by atoms with Crippen molar-refractivity contribution in [3.05, 3.63) is 41.7 Å². The number of carbonyl (C=O) groups excluding carboxylic acids is 2. The summed E-state index contributed by atoms with van der Waals surface area (Å²) in [7, 11) is 0. The fourth-order valence-corrected chi connectivity index (χ4v) is 4.04. The number of hydrogen-bond acceptors (Lipinski definition) is 4. The van der Waals surface area contributed by atoms with Crippen LogP contribution in [0.3, 0.4) is 0 Å². The Morgan fingerprint density at radius 2 is 1.88 bits per heavy atom. The molecule has 2 heterocycles. The zero-order valence-corrected chi connectivity index (χ0v) is 14.9. The second-order valence-corrected chi connectivity index (χ2v) is 7.23. The molecule has 1 N–H and O–H groups in total. The summed E-state index contributed by atoms with van der Waals surface area (Å²) in [5, 5.41) is 6.61. The molecule has 2 amide bonds. The number of nitrogens with zero attached hydrogens (tertiary/aromatic N) is 2. The average molecular weight is 353 g/mol. The number of aromatic nitrogens is 1. The molecule has 1 fully saturated rings. The Kier molecular flexibility index (Phi) is 4.49. The molecule has 0 spiro atoms. The van der Waals surface area contributed by atoms with Crippen LogP contribution in [0.25, 0.3) is 0 Å². The first-order valence-corrected chi connectivity index (χ1v) is 9.25. The molecule has 26 heavy (non-hydrogen) atoms. The van der Waals surface area contributed by atoms with Crippen molar-refractivity contribution in [3.63, 3.8) is 0 Å². The van der Waals surface area contributed by atoms with Gasteiger partial charge < -0.3 is 14.7 Å². The molecule has 6 nitrogen and oxygen atoms in total. The number of carbonyl (C=O) groups is 2. The topological polar surface area (TPSA) is 75.4 Å². The first-order chi connectivity index (χ1) is 12.6. The molecule has 136 valence electrons. The molecule has 1 aliphatic heterocycles. The Labute approximate surface area is 152 Å². The van der Waals surface area contributed by atoms with Crippen LogP contribution in [0.4, 0.5) is 11.5 Å². The molecule has 1 aromatic heterocycles. The molecule has 0 atom stereocenters. The average Bonchev–Trinajstić information content (AvgIpc) is 3.27. The monoisotopic (exact) mass is 353 g/mol. The third-order valence-electron chi connectivity index (χ3n) is 5.48. The summed E-state index contributed by atoms with van der Waals surface area (Å²) in [6, 6.07) is 9.83. The van der Waals surface area contributed by atoms with Crippen molar-refractivity contribution in [1.29, 1.82) is 0 Å². The summed E-state index contributed by atoms with van der Waals surface area (Å²) in [4.78, 5) is 27.3. The fraction of sp³-hybridized carbons (Fsp3) is 0.450. The molecule has 1 saturated carbocycles. The van der Waals surface area contributed by atoms with Crippen molar-refractivity contribution in [2.45, 2.75) is 39.0 Å². The number of fused-ring (bicyclic) bond motifs is 1. The van der Waals surface area contributed by atoms with Crippen molar-refractivity contribution < 1.29 is 14.1 Å². The smallest absolute Gasteiger partial charge is 0.230 e. The summed E-state index contributed by atoms with van der Waals surface area (Å²) in [6.45, 7) is 2.56. The van der Waals surface area contributed by atoms with Gasteiger partial charge in [0.2, 0.25) is 11.8 Å². The van der Waals surface area contributed by atoms with Crippen LogP contribution in [-0.4, -0.2) is 23.5 Å². The molecule has 2 aliphatic rings. The SMILES string of the molecule is Cc1cc(NC(=O)C2CCC(C(=O)N3CCc4ccccc43)CC2)no1. The summed E-state index contributed by atoms with van der Waals surface area (Å²) in [5.41, 5.74) is 2.30. The highest BCUT2D eigenvalue weighted by atomic mass is 16.5. The van der Waals surface area contributed by atoms with E-state index in [9.17, 15) is 9.59 Å². The van der Waals surface area contributed by atoms with E-state index >= 15 is 0 Å². The van der Waals surface area contributed by atoms with Crippen LogP contribution in [0.5, 0.6) is 0 Å². The summed E-state index contributed by atoms with van der Waals surface area (Å²) in [5.74, 6) is 1.25. The maximum Gasteiger partial charge on any atom is 0.230 e. The van der Waals surface area contributed by atoms with Crippen molar-refractivity contribution in [2.75, 3.05) is 16.8 Å². The molecule has 0 bridgehead atoms. The summed E-state index contributed by atoms with van der Waals surface area (Å²) < 4.78 is 4.97. The predicted molar refractivity (Wildman–Crippen MR) is 97.8 cm³/mol. The molecule has 1 aromatic carbocycles. The van der Waals surface area contributed by atoms with Crippen LogP contribution in [0.1, 0.15) is 37.0 Å². The van der Waals surface area contributed by atoms with E-state index in [1.54, 1.807) is 13.0 Å². The van der Waals surface area contributed by atoms with E-state index in [0.29, 0.717) is 11.6 Å². The van der Waals surface area contributed by atoms with Crippen molar-refractivity contribution >= 4 is 23.3 Å². The van der Waals surface area contributed by atoms with Gasteiger partial charge in [0.15, 0.2) is 5.82 Å². The summed E-state index contributed by atoms with van der Waals surface area (Å²) in [6.07, 6.45) is 3.90. The molecular weight excluding hydrogens is 330 g/mol. The van der Waals surface area contributed by atoms with Gasteiger partial charge in [0.1, 0.15) is 5.76 Å². The minimum atomic E-state index is -0.0677. The molecule has 4 rings (SSSR count). The van der Waals surface area contributed by atoms with Crippen LogP contribution >= 0.6 is 0 Å². The Morgan fingerprint density at radius 3 is 2.62 bits per heavy atom. The van der Waals surface area contributed by atoms with E-state index in [2.05, 4.69) is 16.5 Å². The van der Waals surface area contributed by atoms with Crippen molar-refractivity contribution in [2.24, 2.45) is 11.8 Å². The van der Waals surface area contributed by atoms with E-state index in [1.807, 2.05) is 23.1 Å². The van der Waals surface area contributed by atoms with E-state index in [1.165, 1.54) is 5.56 Å². The Bertz CT molecular complexity index is 821. The minimum Gasteiger partial charge on any atom is -0.360 e. The molecule has 2 aromatic rings. The number of aryl methyl sites for hydroxylation is 1.